The Morgan fingerprint density at radius 1 is 1.25 bits per heavy atom. The molecule has 0 fully saturated rings. The molecule has 0 heterocycles. The first-order chi connectivity index (χ1) is 9.63. The van der Waals surface area contributed by atoms with E-state index in [0.717, 1.165) is 17.5 Å². The third-order valence-electron chi connectivity index (χ3n) is 2.98. The van der Waals surface area contributed by atoms with Crippen LogP contribution in [0.25, 0.3) is 0 Å². The van der Waals surface area contributed by atoms with E-state index in [4.69, 9.17) is 21.7 Å². The minimum atomic E-state index is -0.379. The highest BCUT2D eigenvalue weighted by molar-refractivity contribution is 6.37. The molecule has 0 aromatic heterocycles. The van der Waals surface area contributed by atoms with E-state index in [1.165, 1.54) is 0 Å². The average molecular weight is 288 g/mol. The minimum Gasteiger partial charge on any atom is -0.489 e. The molecule has 0 atom stereocenters. The summed E-state index contributed by atoms with van der Waals surface area (Å²) in [6.45, 7) is 2.14. The molecule has 102 valence electrons. The minimum absolute atomic E-state index is 0.194. The molecule has 0 aliphatic heterocycles. The Labute approximate surface area is 122 Å². The summed E-state index contributed by atoms with van der Waals surface area (Å²) in [5, 5.41) is 7.55. The molecule has 0 aliphatic carbocycles. The molecule has 0 bridgehead atoms. The summed E-state index contributed by atoms with van der Waals surface area (Å²) in [7, 11) is 0. The van der Waals surface area contributed by atoms with E-state index in [0.29, 0.717) is 16.1 Å². The van der Waals surface area contributed by atoms with Crippen molar-refractivity contribution in [2.45, 2.75) is 13.5 Å². The van der Waals surface area contributed by atoms with Crippen LogP contribution in [-0.4, -0.2) is 12.0 Å². The number of halogens is 1. The second-order valence-electron chi connectivity index (χ2n) is 4.33. The van der Waals surface area contributed by atoms with E-state index in [2.05, 4.69) is 0 Å². The molecule has 20 heavy (non-hydrogen) atoms. The normalized spacial score (nSPS) is 10.1. The number of hydrogen-bond acceptors (Lipinski definition) is 3. The maximum Gasteiger partial charge on any atom is 0.203 e. The molecule has 0 amide bonds. The lowest BCUT2D eigenvalue weighted by molar-refractivity contribution is 0.106. The van der Waals surface area contributed by atoms with Gasteiger partial charge in [0.05, 0.1) is 6.21 Å². The molecule has 0 spiro atoms. The summed E-state index contributed by atoms with van der Waals surface area (Å²) in [6.07, 6.45) is 0.781. The molecule has 2 aromatic carbocycles. The zero-order valence-electron chi connectivity index (χ0n) is 11.0. The lowest BCUT2D eigenvalue weighted by Crippen LogP contribution is -2.08. The van der Waals surface area contributed by atoms with Crippen molar-refractivity contribution in [3.63, 3.8) is 0 Å². The van der Waals surface area contributed by atoms with Gasteiger partial charge in [0.25, 0.3) is 0 Å². The van der Waals surface area contributed by atoms with E-state index >= 15 is 0 Å². The van der Waals surface area contributed by atoms with Crippen LogP contribution in [0.5, 0.6) is 5.75 Å². The molecule has 0 saturated carbocycles. The summed E-state index contributed by atoms with van der Waals surface area (Å²) in [5.74, 6) is 0.372. The number of rotatable bonds is 5. The lowest BCUT2D eigenvalue weighted by atomic mass is 10.0. The van der Waals surface area contributed by atoms with Crippen LogP contribution in [0.2, 0.25) is 5.02 Å². The number of Topliss-reactive ketones (excluding diaryl/α,β-unsaturated/α-hetero) is 1. The van der Waals surface area contributed by atoms with Crippen molar-refractivity contribution < 1.29 is 9.53 Å². The van der Waals surface area contributed by atoms with Crippen LogP contribution in [0.4, 0.5) is 0 Å². The topological polar surface area (TPSA) is 50.2 Å². The molecule has 2 rings (SSSR count). The van der Waals surface area contributed by atoms with Crippen molar-refractivity contribution in [1.82, 2.24) is 0 Å². The first kappa shape index (κ1) is 14.3. The molecular weight excluding hydrogens is 274 g/mol. The van der Waals surface area contributed by atoms with Crippen LogP contribution >= 0.6 is 11.6 Å². The molecule has 0 aliphatic rings. The Morgan fingerprint density at radius 3 is 2.70 bits per heavy atom. The van der Waals surface area contributed by atoms with Gasteiger partial charge in [-0.2, -0.15) is 0 Å². The predicted molar refractivity (Wildman–Crippen MR) is 80.1 cm³/mol. The second kappa shape index (κ2) is 6.35. The summed E-state index contributed by atoms with van der Waals surface area (Å²) >= 11 is 6.13. The highest BCUT2D eigenvalue weighted by atomic mass is 35.5. The van der Waals surface area contributed by atoms with E-state index < -0.39 is 0 Å². The Hall–Kier alpha value is -2.13. The van der Waals surface area contributed by atoms with Crippen LogP contribution in [-0.2, 0) is 6.61 Å². The maximum atomic E-state index is 11.7. The number of ether oxygens (including phenoxy) is 1. The smallest absolute Gasteiger partial charge is 0.203 e. The maximum absolute atomic E-state index is 11.7. The fourth-order valence-corrected chi connectivity index (χ4v) is 2.11. The molecule has 3 nitrogen and oxygen atoms in total. The van der Waals surface area contributed by atoms with Gasteiger partial charge in [0.1, 0.15) is 12.4 Å². The molecule has 0 radical (unpaired) electrons. The van der Waals surface area contributed by atoms with E-state index in [9.17, 15) is 4.79 Å². The summed E-state index contributed by atoms with van der Waals surface area (Å²) in [5.41, 5.74) is 2.02. The molecule has 2 aromatic rings. The SMILES string of the molecule is Cc1ccccc1OCc1c(Cl)cccc1C(=O)C=N. The van der Waals surface area contributed by atoms with Crippen molar-refractivity contribution in [2.24, 2.45) is 0 Å². The summed E-state index contributed by atoms with van der Waals surface area (Å²) in [6, 6.07) is 12.7. The number of para-hydroxylation sites is 1. The second-order valence-corrected chi connectivity index (χ2v) is 4.74. The number of ketones is 1. The van der Waals surface area contributed by atoms with Gasteiger partial charge < -0.3 is 10.1 Å². The van der Waals surface area contributed by atoms with Crippen molar-refractivity contribution >= 4 is 23.6 Å². The molecule has 0 saturated heterocycles. The number of carbonyl (C=O) groups excluding carboxylic acids is 1. The third kappa shape index (κ3) is 3.06. The number of benzene rings is 2. The standard InChI is InChI=1S/C16H14ClNO2/c1-11-5-2-3-8-16(11)20-10-13-12(15(19)9-18)6-4-7-14(13)17/h2-9,18H,10H2,1H3. The Morgan fingerprint density at radius 2 is 2.00 bits per heavy atom. The Balaban J connectivity index is 2.27. The van der Waals surface area contributed by atoms with Crippen LogP contribution in [0.1, 0.15) is 21.5 Å². The van der Waals surface area contributed by atoms with Gasteiger partial charge in [0.2, 0.25) is 5.78 Å². The average Bonchev–Trinajstić information content (AvgIpc) is 2.46. The molecule has 0 unspecified atom stereocenters. The highest BCUT2D eigenvalue weighted by Gasteiger charge is 2.13. The van der Waals surface area contributed by atoms with E-state index in [1.54, 1.807) is 18.2 Å². The number of nitrogens with one attached hydrogen (secondary N) is 1. The van der Waals surface area contributed by atoms with Crippen LogP contribution in [0.15, 0.2) is 42.5 Å². The molecule has 1 N–H and O–H groups in total. The van der Waals surface area contributed by atoms with E-state index in [-0.39, 0.29) is 12.4 Å². The van der Waals surface area contributed by atoms with Crippen molar-refractivity contribution in [3.05, 3.63) is 64.2 Å². The Bertz CT molecular complexity index is 653. The number of aryl methyl sites for hydroxylation is 1. The highest BCUT2D eigenvalue weighted by Crippen LogP contribution is 2.24. The van der Waals surface area contributed by atoms with Gasteiger partial charge in [-0.3, -0.25) is 4.79 Å². The van der Waals surface area contributed by atoms with Crippen molar-refractivity contribution in [1.29, 1.82) is 5.41 Å². The van der Waals surface area contributed by atoms with Gasteiger partial charge in [-0.25, -0.2) is 0 Å². The first-order valence-electron chi connectivity index (χ1n) is 6.14. The van der Waals surface area contributed by atoms with E-state index in [1.807, 2.05) is 31.2 Å². The Kier molecular flexibility index (Phi) is 4.53. The van der Waals surface area contributed by atoms with Gasteiger partial charge >= 0.3 is 0 Å². The van der Waals surface area contributed by atoms with Gasteiger partial charge in [-0.15, -0.1) is 0 Å². The third-order valence-corrected chi connectivity index (χ3v) is 3.34. The fourth-order valence-electron chi connectivity index (χ4n) is 1.88. The first-order valence-corrected chi connectivity index (χ1v) is 6.52. The van der Waals surface area contributed by atoms with Gasteiger partial charge in [0, 0.05) is 16.1 Å². The van der Waals surface area contributed by atoms with Gasteiger partial charge in [-0.1, -0.05) is 41.9 Å². The van der Waals surface area contributed by atoms with Crippen molar-refractivity contribution in [3.8, 4) is 5.75 Å². The monoisotopic (exact) mass is 287 g/mol. The predicted octanol–water partition coefficient (Wildman–Crippen LogP) is 4.06. The van der Waals surface area contributed by atoms with Crippen molar-refractivity contribution in [2.75, 3.05) is 0 Å². The van der Waals surface area contributed by atoms with Crippen LogP contribution < -0.4 is 4.74 Å². The van der Waals surface area contributed by atoms with Gasteiger partial charge in [-0.05, 0) is 24.6 Å². The van der Waals surface area contributed by atoms with Crippen LogP contribution in [0, 0.1) is 12.3 Å². The van der Waals surface area contributed by atoms with Gasteiger partial charge in [0.15, 0.2) is 0 Å². The molecule has 4 heteroatoms. The van der Waals surface area contributed by atoms with Crippen LogP contribution in [0.3, 0.4) is 0 Å². The zero-order valence-corrected chi connectivity index (χ0v) is 11.8. The fraction of sp³-hybridized carbons (Fsp3) is 0.125. The summed E-state index contributed by atoms with van der Waals surface area (Å²) < 4.78 is 5.73. The summed E-state index contributed by atoms with van der Waals surface area (Å²) in [4.78, 5) is 11.7. The number of carbonyl (C=O) groups is 1. The molecular formula is C16H14ClNO2. The quantitative estimate of drug-likeness (QED) is 0.666. The lowest BCUT2D eigenvalue weighted by Gasteiger charge is -2.12. The largest absolute Gasteiger partial charge is 0.489 e. The zero-order chi connectivity index (χ0) is 14.5. The number of hydrogen-bond donors (Lipinski definition) is 1.